The molecule has 2 aliphatic carbocycles. The molecule has 2 saturated heterocycles. The molecule has 2 aromatic carbocycles. The van der Waals surface area contributed by atoms with Crippen molar-refractivity contribution in [3.63, 3.8) is 0 Å². The first-order valence-electron chi connectivity index (χ1n) is 21.5. The van der Waals surface area contributed by atoms with E-state index in [-0.39, 0.29) is 17.3 Å². The number of carbonyl (C=O) groups excluding carboxylic acids is 1. The van der Waals surface area contributed by atoms with Crippen LogP contribution in [-0.4, -0.2) is 100 Å². The molecule has 6 aliphatic rings. The molecule has 0 unspecified atom stereocenters. The predicted octanol–water partition coefficient (Wildman–Crippen LogP) is 7.46. The number of amides is 1. The summed E-state index contributed by atoms with van der Waals surface area (Å²) in [4.78, 5) is 21.6. The SMILES string of the molecule is CC(C)CO[C@@]1(CN2CCN3CCCC[C@@H]3C2)/C=C\C[C@H](C)[C@@H](C)S(=O)(=O)NC(=O)c2ccc3c(c2)N(C[C@@H]2CC[C@H]21)C[C@@]1(CCCc2cc(Cl)ccc21)CO3. The summed E-state index contributed by atoms with van der Waals surface area (Å²) < 4.78 is 44.0. The minimum absolute atomic E-state index is 0.212. The van der Waals surface area contributed by atoms with Gasteiger partial charge in [0.25, 0.3) is 5.91 Å². The fraction of sp³-hybridized carbons (Fsp3) is 0.667. The summed E-state index contributed by atoms with van der Waals surface area (Å²) in [6.07, 6.45) is 14.2. The number of aryl methyl sites for hydroxylation is 1. The number of hydrogen-bond acceptors (Lipinski definition) is 8. The number of piperidine rings is 1. The van der Waals surface area contributed by atoms with Gasteiger partial charge in [0.15, 0.2) is 0 Å². The maximum Gasteiger partial charge on any atom is 0.264 e. The summed E-state index contributed by atoms with van der Waals surface area (Å²) in [5, 5.41) is -0.0165. The zero-order chi connectivity index (χ0) is 39.2. The minimum atomic E-state index is -3.96. The van der Waals surface area contributed by atoms with Crippen molar-refractivity contribution in [2.45, 2.75) is 108 Å². The largest absolute Gasteiger partial charge is 0.490 e. The standard InChI is InChI=1S/C45H63ClN4O5S/c1-31(2)27-55-45(29-48-21-22-49-20-6-5-11-38(49)26-48)19-7-9-32(3)33(4)56(52,53)47-43(51)35-13-17-42-41(24-35)50(25-36-12-15-40(36)45)28-44(30-54-42)18-8-10-34-23-37(46)14-16-39(34)44/h7,13-14,16-17,19,23-24,31-33,36,38,40H,5-6,8-12,15,18,20-22,25-30H2,1-4H3,(H,47,51)/b19-7-/t32-,33+,36-,38+,40+,44-,45+/m0/s1. The van der Waals surface area contributed by atoms with E-state index in [1.54, 1.807) is 13.0 Å². The van der Waals surface area contributed by atoms with Crippen LogP contribution in [0.1, 0.15) is 101 Å². The molecule has 2 aromatic rings. The monoisotopic (exact) mass is 806 g/mol. The van der Waals surface area contributed by atoms with Crippen molar-refractivity contribution in [3.05, 3.63) is 70.3 Å². The van der Waals surface area contributed by atoms with Crippen LogP contribution in [0.4, 0.5) is 5.69 Å². The lowest BCUT2D eigenvalue weighted by Crippen LogP contribution is -2.61. The van der Waals surface area contributed by atoms with Gasteiger partial charge >= 0.3 is 0 Å². The van der Waals surface area contributed by atoms with Gasteiger partial charge in [-0.25, -0.2) is 13.1 Å². The predicted molar refractivity (Wildman–Crippen MR) is 224 cm³/mol. The third-order valence-electron chi connectivity index (χ3n) is 14.3. The van der Waals surface area contributed by atoms with Crippen LogP contribution in [0.2, 0.25) is 5.02 Å². The number of rotatable bonds is 5. The van der Waals surface area contributed by atoms with E-state index in [9.17, 15) is 13.2 Å². The first kappa shape index (κ1) is 40.2. The van der Waals surface area contributed by atoms with Crippen molar-refractivity contribution >= 4 is 33.2 Å². The van der Waals surface area contributed by atoms with Crippen molar-refractivity contribution in [3.8, 4) is 5.75 Å². The number of carbonyl (C=O) groups is 1. The molecule has 306 valence electrons. The van der Waals surface area contributed by atoms with E-state index in [1.807, 2.05) is 25.1 Å². The van der Waals surface area contributed by atoms with Gasteiger partial charge in [0.2, 0.25) is 10.0 Å². The fourth-order valence-electron chi connectivity index (χ4n) is 10.8. The van der Waals surface area contributed by atoms with Gasteiger partial charge in [-0.05, 0) is 130 Å². The Morgan fingerprint density at radius 3 is 2.68 bits per heavy atom. The number of sulfonamides is 1. The topological polar surface area (TPSA) is 91.4 Å². The van der Waals surface area contributed by atoms with Crippen LogP contribution in [-0.2, 0) is 26.6 Å². The van der Waals surface area contributed by atoms with Crippen molar-refractivity contribution < 1.29 is 22.7 Å². The molecular formula is C45H63ClN4O5S. The maximum atomic E-state index is 13.8. The van der Waals surface area contributed by atoms with E-state index in [2.05, 4.69) is 57.6 Å². The summed E-state index contributed by atoms with van der Waals surface area (Å²) >= 11 is 6.55. The van der Waals surface area contributed by atoms with E-state index in [1.165, 1.54) is 36.9 Å². The summed E-state index contributed by atoms with van der Waals surface area (Å²) in [5.41, 5.74) is 2.97. The third kappa shape index (κ3) is 8.03. The molecule has 0 radical (unpaired) electrons. The number of nitrogens with zero attached hydrogens (tertiary/aromatic N) is 3. The van der Waals surface area contributed by atoms with Gasteiger partial charge in [-0.1, -0.05) is 57.0 Å². The van der Waals surface area contributed by atoms with E-state index in [4.69, 9.17) is 21.1 Å². The minimum Gasteiger partial charge on any atom is -0.490 e. The molecule has 4 heterocycles. The molecule has 1 N–H and O–H groups in total. The first-order chi connectivity index (χ1) is 26.8. The molecule has 1 amide bonds. The Balaban J connectivity index is 1.21. The summed E-state index contributed by atoms with van der Waals surface area (Å²) in [6, 6.07) is 12.4. The third-order valence-corrected chi connectivity index (χ3v) is 16.5. The Bertz CT molecular complexity index is 1910. The highest BCUT2D eigenvalue weighted by atomic mass is 35.5. The molecule has 3 fully saturated rings. The zero-order valence-electron chi connectivity index (χ0n) is 34.0. The van der Waals surface area contributed by atoms with Crippen LogP contribution in [0.25, 0.3) is 0 Å². The molecule has 56 heavy (non-hydrogen) atoms. The number of allylic oxidation sites excluding steroid dienone is 1. The first-order valence-corrected chi connectivity index (χ1v) is 23.4. The second kappa shape index (κ2) is 16.2. The molecule has 8 rings (SSSR count). The Labute approximate surface area is 340 Å². The van der Waals surface area contributed by atoms with Crippen molar-refractivity contribution in [1.29, 1.82) is 0 Å². The molecule has 1 saturated carbocycles. The van der Waals surface area contributed by atoms with E-state index >= 15 is 0 Å². The number of hydrogen-bond donors (Lipinski definition) is 1. The van der Waals surface area contributed by atoms with Gasteiger partial charge in [0.1, 0.15) is 11.4 Å². The summed E-state index contributed by atoms with van der Waals surface area (Å²) in [5.74, 6) is 0.908. The quantitative estimate of drug-likeness (QED) is 0.312. The Morgan fingerprint density at radius 1 is 1.02 bits per heavy atom. The van der Waals surface area contributed by atoms with Crippen molar-refractivity contribution in [2.24, 2.45) is 23.7 Å². The second-order valence-electron chi connectivity index (χ2n) is 18.6. The molecule has 9 nitrogen and oxygen atoms in total. The van der Waals surface area contributed by atoms with Gasteiger partial charge in [-0.2, -0.15) is 0 Å². The molecule has 2 bridgehead atoms. The highest BCUT2D eigenvalue weighted by molar-refractivity contribution is 7.90. The van der Waals surface area contributed by atoms with Gasteiger partial charge in [-0.15, -0.1) is 0 Å². The summed E-state index contributed by atoms with van der Waals surface area (Å²) in [7, 11) is -3.96. The van der Waals surface area contributed by atoms with Gasteiger partial charge < -0.3 is 14.4 Å². The van der Waals surface area contributed by atoms with Crippen LogP contribution in [0.3, 0.4) is 0 Å². The van der Waals surface area contributed by atoms with E-state index in [0.29, 0.717) is 43.1 Å². The molecule has 1 spiro atoms. The van der Waals surface area contributed by atoms with Crippen LogP contribution >= 0.6 is 11.6 Å². The molecule has 4 aliphatic heterocycles. The lowest BCUT2D eigenvalue weighted by molar-refractivity contribution is -0.125. The van der Waals surface area contributed by atoms with E-state index < -0.39 is 26.8 Å². The average molecular weight is 808 g/mol. The zero-order valence-corrected chi connectivity index (χ0v) is 35.6. The number of anilines is 1. The number of ether oxygens (including phenoxy) is 2. The maximum absolute atomic E-state index is 13.8. The molecule has 7 atom stereocenters. The average Bonchev–Trinajstić information content (AvgIpc) is 3.31. The number of halogens is 1. The molecule has 0 aromatic heterocycles. The highest BCUT2D eigenvalue weighted by Crippen LogP contribution is 2.50. The van der Waals surface area contributed by atoms with E-state index in [0.717, 1.165) is 87.8 Å². The number of benzene rings is 2. The normalized spacial score (nSPS) is 34.3. The second-order valence-corrected chi connectivity index (χ2v) is 21.1. The number of piperazine rings is 1. The van der Waals surface area contributed by atoms with Crippen LogP contribution in [0.15, 0.2) is 48.6 Å². The van der Waals surface area contributed by atoms with Crippen LogP contribution in [0, 0.1) is 23.7 Å². The van der Waals surface area contributed by atoms with Gasteiger partial charge in [0, 0.05) is 61.3 Å². The fourth-order valence-corrected chi connectivity index (χ4v) is 12.2. The lowest BCUT2D eigenvalue weighted by atomic mass is 9.63. The van der Waals surface area contributed by atoms with Crippen molar-refractivity contribution in [2.75, 3.05) is 63.9 Å². The Hall–Kier alpha value is -2.63. The van der Waals surface area contributed by atoms with Crippen LogP contribution < -0.4 is 14.4 Å². The molecular weight excluding hydrogens is 744 g/mol. The number of fused-ring (bicyclic) bond motifs is 5. The summed E-state index contributed by atoms with van der Waals surface area (Å²) in [6.45, 7) is 16.1. The number of nitrogens with one attached hydrogen (secondary N) is 1. The highest BCUT2D eigenvalue weighted by Gasteiger charge is 2.51. The van der Waals surface area contributed by atoms with Crippen molar-refractivity contribution in [1.82, 2.24) is 14.5 Å². The smallest absolute Gasteiger partial charge is 0.264 e. The van der Waals surface area contributed by atoms with Crippen LogP contribution in [0.5, 0.6) is 5.75 Å². The Kier molecular flexibility index (Phi) is 11.6. The van der Waals surface area contributed by atoms with Gasteiger partial charge in [0.05, 0.1) is 24.2 Å². The Morgan fingerprint density at radius 2 is 1.88 bits per heavy atom. The molecule has 11 heteroatoms. The van der Waals surface area contributed by atoms with Gasteiger partial charge in [-0.3, -0.25) is 14.6 Å². The lowest BCUT2D eigenvalue weighted by Gasteiger charge is -2.53.